The lowest BCUT2D eigenvalue weighted by Crippen LogP contribution is -2.60. The molecule has 1 aliphatic carbocycles. The summed E-state index contributed by atoms with van der Waals surface area (Å²) in [5.74, 6) is -1.20. The maximum atomic E-state index is 11.7. The van der Waals surface area contributed by atoms with Crippen molar-refractivity contribution in [1.82, 2.24) is 5.32 Å². The summed E-state index contributed by atoms with van der Waals surface area (Å²) in [5, 5.41) is 12.1. The summed E-state index contributed by atoms with van der Waals surface area (Å²) in [6.45, 7) is 2.21. The van der Waals surface area contributed by atoms with Gasteiger partial charge in [0.1, 0.15) is 5.54 Å². The highest BCUT2D eigenvalue weighted by Gasteiger charge is 2.46. The average molecular weight is 243 g/mol. The Morgan fingerprint density at radius 2 is 2.18 bits per heavy atom. The van der Waals surface area contributed by atoms with E-state index in [4.69, 9.17) is 4.74 Å². The highest BCUT2D eigenvalue weighted by molar-refractivity contribution is 5.87. The minimum atomic E-state index is -1.08. The molecule has 1 saturated carbocycles. The summed E-state index contributed by atoms with van der Waals surface area (Å²) >= 11 is 0. The molecule has 17 heavy (non-hydrogen) atoms. The van der Waals surface area contributed by atoms with E-state index >= 15 is 0 Å². The molecule has 2 unspecified atom stereocenters. The summed E-state index contributed by atoms with van der Waals surface area (Å²) in [7, 11) is 1.52. The Morgan fingerprint density at radius 3 is 2.71 bits per heavy atom. The normalized spacial score (nSPS) is 28.7. The minimum Gasteiger partial charge on any atom is -0.479 e. The number of carbonyl (C=O) groups excluding carboxylic acids is 1. The van der Waals surface area contributed by atoms with Crippen LogP contribution in [0.25, 0.3) is 0 Å². The highest BCUT2D eigenvalue weighted by Crippen LogP contribution is 2.34. The quantitative estimate of drug-likeness (QED) is 0.760. The number of aliphatic carboxylic acids is 1. The van der Waals surface area contributed by atoms with E-state index in [1.165, 1.54) is 7.11 Å². The van der Waals surface area contributed by atoms with Crippen LogP contribution in [0.4, 0.5) is 0 Å². The van der Waals surface area contributed by atoms with Crippen LogP contribution in [-0.4, -0.2) is 36.2 Å². The van der Waals surface area contributed by atoms with Crippen molar-refractivity contribution >= 4 is 11.9 Å². The molecule has 1 aliphatic rings. The molecule has 5 heteroatoms. The molecular weight excluding hydrogens is 222 g/mol. The molecule has 0 bridgehead atoms. The first-order valence-electron chi connectivity index (χ1n) is 6.06. The molecule has 0 heterocycles. The molecule has 0 aromatic rings. The maximum absolute atomic E-state index is 11.7. The molecule has 1 amide bonds. The third-order valence-electron chi connectivity index (χ3n) is 3.58. The van der Waals surface area contributed by atoms with Gasteiger partial charge < -0.3 is 15.2 Å². The van der Waals surface area contributed by atoms with Crippen LogP contribution in [0.1, 0.15) is 39.0 Å². The van der Waals surface area contributed by atoms with Crippen molar-refractivity contribution in [3.05, 3.63) is 0 Å². The van der Waals surface area contributed by atoms with Gasteiger partial charge in [0.05, 0.1) is 6.61 Å². The largest absolute Gasteiger partial charge is 0.479 e. The van der Waals surface area contributed by atoms with Gasteiger partial charge in [-0.3, -0.25) is 4.79 Å². The number of ether oxygens (including phenoxy) is 1. The summed E-state index contributed by atoms with van der Waals surface area (Å²) in [5.41, 5.74) is -1.08. The van der Waals surface area contributed by atoms with E-state index in [9.17, 15) is 14.7 Å². The molecule has 2 N–H and O–H groups in total. The number of rotatable bonds is 5. The van der Waals surface area contributed by atoms with Gasteiger partial charge in [-0.1, -0.05) is 19.8 Å². The molecule has 0 radical (unpaired) electrons. The summed E-state index contributed by atoms with van der Waals surface area (Å²) in [6.07, 6.45) is 3.45. The Labute approximate surface area is 102 Å². The molecule has 0 spiro atoms. The van der Waals surface area contributed by atoms with Crippen molar-refractivity contribution in [3.63, 3.8) is 0 Å². The summed E-state index contributed by atoms with van der Waals surface area (Å²) in [6, 6.07) is 0. The molecule has 2 atom stereocenters. The molecule has 5 nitrogen and oxygen atoms in total. The predicted molar refractivity (Wildman–Crippen MR) is 62.6 cm³/mol. The van der Waals surface area contributed by atoms with Gasteiger partial charge in [-0.05, 0) is 18.8 Å². The van der Waals surface area contributed by atoms with Gasteiger partial charge in [-0.2, -0.15) is 0 Å². The first kappa shape index (κ1) is 14.0. The first-order valence-corrected chi connectivity index (χ1v) is 6.06. The smallest absolute Gasteiger partial charge is 0.329 e. The zero-order chi connectivity index (χ0) is 12.9. The number of carboxylic acids is 1. The van der Waals surface area contributed by atoms with Gasteiger partial charge in [-0.25, -0.2) is 4.79 Å². The number of hydrogen-bond donors (Lipinski definition) is 2. The van der Waals surface area contributed by atoms with Crippen LogP contribution in [0.5, 0.6) is 0 Å². The Morgan fingerprint density at radius 1 is 1.47 bits per heavy atom. The van der Waals surface area contributed by atoms with Gasteiger partial charge in [0.15, 0.2) is 0 Å². The van der Waals surface area contributed by atoms with Crippen LogP contribution in [-0.2, 0) is 14.3 Å². The second-order valence-corrected chi connectivity index (χ2v) is 4.71. The number of carboxylic acid groups (broad SMARTS) is 1. The second kappa shape index (κ2) is 6.00. The molecule has 1 fully saturated rings. The number of nitrogens with one attached hydrogen (secondary N) is 1. The van der Waals surface area contributed by atoms with Crippen molar-refractivity contribution in [2.75, 3.05) is 13.7 Å². The van der Waals surface area contributed by atoms with Gasteiger partial charge in [0.25, 0.3) is 0 Å². The monoisotopic (exact) mass is 243 g/mol. The van der Waals surface area contributed by atoms with Crippen LogP contribution >= 0.6 is 0 Å². The first-order chi connectivity index (χ1) is 8.03. The van der Waals surface area contributed by atoms with E-state index in [1.807, 2.05) is 6.92 Å². The minimum absolute atomic E-state index is 0.0276. The lowest BCUT2D eigenvalue weighted by Gasteiger charge is -2.39. The zero-order valence-corrected chi connectivity index (χ0v) is 10.5. The van der Waals surface area contributed by atoms with Gasteiger partial charge >= 0.3 is 5.97 Å². The van der Waals surface area contributed by atoms with Crippen LogP contribution in [0.2, 0.25) is 0 Å². The zero-order valence-electron chi connectivity index (χ0n) is 10.5. The highest BCUT2D eigenvalue weighted by atomic mass is 16.5. The Hall–Kier alpha value is -1.10. The van der Waals surface area contributed by atoms with Gasteiger partial charge in [0.2, 0.25) is 5.91 Å². The van der Waals surface area contributed by atoms with Crippen molar-refractivity contribution in [3.8, 4) is 0 Å². The molecule has 0 aromatic carbocycles. The van der Waals surface area contributed by atoms with Crippen molar-refractivity contribution in [2.45, 2.75) is 44.6 Å². The molecule has 0 saturated heterocycles. The summed E-state index contributed by atoms with van der Waals surface area (Å²) in [4.78, 5) is 23.1. The lowest BCUT2D eigenvalue weighted by molar-refractivity contribution is -0.152. The van der Waals surface area contributed by atoms with E-state index in [2.05, 4.69) is 5.32 Å². The standard InChI is InChI=1S/C12H21NO4/c1-9-5-3-4-7-12(9,11(15)16)13-10(14)6-8-17-2/h9H,3-8H2,1-2H3,(H,13,14)(H,15,16). The van der Waals surface area contributed by atoms with E-state index in [-0.39, 0.29) is 18.2 Å². The fraction of sp³-hybridized carbons (Fsp3) is 0.833. The molecular formula is C12H21NO4. The van der Waals surface area contributed by atoms with E-state index < -0.39 is 11.5 Å². The van der Waals surface area contributed by atoms with Crippen LogP contribution in [0.3, 0.4) is 0 Å². The molecule has 0 aliphatic heterocycles. The third kappa shape index (κ3) is 3.19. The average Bonchev–Trinajstić information content (AvgIpc) is 2.29. The van der Waals surface area contributed by atoms with Gasteiger partial charge in [0, 0.05) is 13.5 Å². The van der Waals surface area contributed by atoms with E-state index in [1.54, 1.807) is 0 Å². The van der Waals surface area contributed by atoms with Crippen molar-refractivity contribution in [2.24, 2.45) is 5.92 Å². The van der Waals surface area contributed by atoms with Gasteiger partial charge in [-0.15, -0.1) is 0 Å². The second-order valence-electron chi connectivity index (χ2n) is 4.71. The van der Waals surface area contributed by atoms with E-state index in [0.717, 1.165) is 19.3 Å². The SMILES string of the molecule is COCCC(=O)NC1(C(=O)O)CCCCC1C. The number of amides is 1. The Kier molecular flexibility index (Phi) is 4.93. The van der Waals surface area contributed by atoms with Crippen molar-refractivity contribution < 1.29 is 19.4 Å². The topological polar surface area (TPSA) is 75.6 Å². The van der Waals surface area contributed by atoms with Crippen LogP contribution in [0.15, 0.2) is 0 Å². The molecule has 0 aromatic heterocycles. The molecule has 1 rings (SSSR count). The fourth-order valence-corrected chi connectivity index (χ4v) is 2.41. The Bertz CT molecular complexity index is 292. The molecule has 98 valence electrons. The predicted octanol–water partition coefficient (Wildman–Crippen LogP) is 1.17. The fourth-order valence-electron chi connectivity index (χ4n) is 2.41. The number of carbonyl (C=O) groups is 2. The van der Waals surface area contributed by atoms with Crippen LogP contribution in [0, 0.1) is 5.92 Å². The summed E-state index contributed by atoms with van der Waals surface area (Å²) < 4.78 is 4.81. The van der Waals surface area contributed by atoms with Crippen molar-refractivity contribution in [1.29, 1.82) is 0 Å². The maximum Gasteiger partial charge on any atom is 0.329 e. The number of hydrogen-bond acceptors (Lipinski definition) is 3. The number of methoxy groups -OCH3 is 1. The van der Waals surface area contributed by atoms with Crippen LogP contribution < -0.4 is 5.32 Å². The lowest BCUT2D eigenvalue weighted by atomic mass is 9.73. The Balaban J connectivity index is 2.71. The van der Waals surface area contributed by atoms with E-state index in [0.29, 0.717) is 13.0 Å². The third-order valence-corrected chi connectivity index (χ3v) is 3.58.